The van der Waals surface area contributed by atoms with E-state index >= 15 is 0 Å². The van der Waals surface area contributed by atoms with E-state index < -0.39 is 0 Å². The number of rotatable bonds is 1. The molecule has 2 heteroatoms. The second-order valence-corrected chi connectivity index (χ2v) is 4.36. The zero-order valence-electron chi connectivity index (χ0n) is 4.29. The van der Waals surface area contributed by atoms with Crippen molar-refractivity contribution in [1.29, 1.82) is 5.26 Å². The van der Waals surface area contributed by atoms with Crippen molar-refractivity contribution >= 4 is 20.4 Å². The third-order valence-electron chi connectivity index (χ3n) is 0.833. The van der Waals surface area contributed by atoms with E-state index in [0.29, 0.717) is 6.42 Å². The maximum absolute atomic E-state index is 8.23. The second-order valence-electron chi connectivity index (χ2n) is 1.41. The summed E-state index contributed by atoms with van der Waals surface area (Å²) in [5, 5.41) is 8.23. The van der Waals surface area contributed by atoms with Crippen LogP contribution in [0.4, 0.5) is 0 Å². The van der Waals surface area contributed by atoms with E-state index in [4.69, 9.17) is 5.26 Å². The summed E-state index contributed by atoms with van der Waals surface area (Å²) < 4.78 is 3.55. The van der Waals surface area contributed by atoms with Crippen molar-refractivity contribution in [2.45, 2.75) is 6.42 Å². The molecule has 0 aliphatic carbocycles. The molecule has 0 unspecified atom stereocenters. The molecule has 0 amide bonds. The SMILES string of the molecule is N#CCc1ccc[te]1. The molecule has 1 aromatic heterocycles. The van der Waals surface area contributed by atoms with Crippen molar-refractivity contribution in [2.24, 2.45) is 0 Å². The Hall–Kier alpha value is -0.240. The summed E-state index contributed by atoms with van der Waals surface area (Å²) in [6, 6.07) is 6.25. The summed E-state index contributed by atoms with van der Waals surface area (Å²) in [6.45, 7) is 0. The molecule has 1 heterocycles. The topological polar surface area (TPSA) is 23.8 Å². The van der Waals surface area contributed by atoms with Crippen molar-refractivity contribution in [2.75, 3.05) is 0 Å². The monoisotopic (exact) mass is 221 g/mol. The van der Waals surface area contributed by atoms with Crippen LogP contribution >= 0.6 is 0 Å². The van der Waals surface area contributed by atoms with Crippen LogP contribution in [0.3, 0.4) is 0 Å². The van der Waals surface area contributed by atoms with Crippen LogP contribution in [-0.2, 0) is 6.42 Å². The molecule has 1 rings (SSSR count). The molecule has 0 N–H and O–H groups in total. The molecule has 8 heavy (non-hydrogen) atoms. The van der Waals surface area contributed by atoms with Gasteiger partial charge >= 0.3 is 58.0 Å². The van der Waals surface area contributed by atoms with Crippen LogP contribution < -0.4 is 0 Å². The molecule has 0 atom stereocenters. The Labute approximate surface area is 58.2 Å². The average Bonchev–Trinajstić information content (AvgIpc) is 2.19. The van der Waals surface area contributed by atoms with Crippen molar-refractivity contribution in [3.05, 3.63) is 19.8 Å². The third kappa shape index (κ3) is 1.37. The van der Waals surface area contributed by atoms with Gasteiger partial charge in [-0.2, -0.15) is 0 Å². The van der Waals surface area contributed by atoms with Gasteiger partial charge in [-0.15, -0.1) is 0 Å². The molecule has 1 aromatic rings. The minimum absolute atomic E-state index is 0.0269. The molecule has 0 fully saturated rings. The molecular formula is C6H5NTe. The van der Waals surface area contributed by atoms with Gasteiger partial charge in [0.15, 0.2) is 0 Å². The maximum atomic E-state index is 8.23. The average molecular weight is 219 g/mol. The molecule has 0 aliphatic heterocycles. The van der Waals surface area contributed by atoms with Crippen LogP contribution in [0, 0.1) is 11.3 Å². The van der Waals surface area contributed by atoms with Gasteiger partial charge in [0.05, 0.1) is 0 Å². The summed E-state index contributed by atoms with van der Waals surface area (Å²) in [5.41, 5.74) is 0. The molecule has 0 bridgehead atoms. The number of hydrogen-bond donors (Lipinski definition) is 0. The molecule has 0 radical (unpaired) electrons. The van der Waals surface area contributed by atoms with Crippen LogP contribution in [0.2, 0.25) is 0 Å². The van der Waals surface area contributed by atoms with Crippen LogP contribution in [-0.4, -0.2) is 20.4 Å². The van der Waals surface area contributed by atoms with E-state index in [0.717, 1.165) is 0 Å². The predicted octanol–water partition coefficient (Wildman–Crippen LogP) is 0.810. The number of nitriles is 1. The first-order valence-electron chi connectivity index (χ1n) is 2.33. The standard InChI is InChI=1S/C6H5NTe/c7-4-3-6-2-1-5-8-6/h1-2,5H,3H2. The van der Waals surface area contributed by atoms with Gasteiger partial charge in [-0.1, -0.05) is 0 Å². The summed E-state index contributed by atoms with van der Waals surface area (Å²) in [6.07, 6.45) is 0.648. The Balaban J connectivity index is 2.67. The molecule has 40 valence electrons. The molecule has 0 aliphatic rings. The van der Waals surface area contributed by atoms with Gasteiger partial charge in [-0.05, 0) is 0 Å². The van der Waals surface area contributed by atoms with Crippen LogP contribution in [0.15, 0.2) is 16.2 Å². The minimum atomic E-state index is -0.0269. The quantitative estimate of drug-likeness (QED) is 0.640. The van der Waals surface area contributed by atoms with Crippen LogP contribution in [0.25, 0.3) is 0 Å². The molecule has 0 saturated heterocycles. The van der Waals surface area contributed by atoms with Gasteiger partial charge in [0.2, 0.25) is 0 Å². The Morgan fingerprint density at radius 3 is 3.12 bits per heavy atom. The molecule has 0 saturated carbocycles. The van der Waals surface area contributed by atoms with Gasteiger partial charge in [0.1, 0.15) is 0 Å². The van der Waals surface area contributed by atoms with Crippen molar-refractivity contribution in [3.8, 4) is 6.07 Å². The summed E-state index contributed by atoms with van der Waals surface area (Å²) in [4.78, 5) is 0. The second kappa shape index (κ2) is 2.92. The van der Waals surface area contributed by atoms with Gasteiger partial charge in [-0.25, -0.2) is 0 Å². The first kappa shape index (κ1) is 5.89. The zero-order chi connectivity index (χ0) is 5.82. The Bertz CT molecular complexity index is 183. The van der Waals surface area contributed by atoms with E-state index in [9.17, 15) is 0 Å². The van der Waals surface area contributed by atoms with Crippen molar-refractivity contribution in [1.82, 2.24) is 0 Å². The molecule has 1 nitrogen and oxygen atoms in total. The Morgan fingerprint density at radius 1 is 1.75 bits per heavy atom. The van der Waals surface area contributed by atoms with Gasteiger partial charge in [-0.3, -0.25) is 0 Å². The van der Waals surface area contributed by atoms with Crippen LogP contribution in [0.1, 0.15) is 3.58 Å². The van der Waals surface area contributed by atoms with Gasteiger partial charge < -0.3 is 0 Å². The van der Waals surface area contributed by atoms with Crippen molar-refractivity contribution in [3.63, 3.8) is 0 Å². The predicted molar refractivity (Wildman–Crippen MR) is 32.7 cm³/mol. The molecule has 0 aromatic carbocycles. The molecular weight excluding hydrogens is 214 g/mol. The number of nitrogens with zero attached hydrogens (tertiary/aromatic N) is 1. The normalized spacial score (nSPS) is 8.38. The van der Waals surface area contributed by atoms with E-state index in [1.807, 2.05) is 0 Å². The molecule has 0 spiro atoms. The van der Waals surface area contributed by atoms with Crippen LogP contribution in [0.5, 0.6) is 0 Å². The third-order valence-corrected chi connectivity index (χ3v) is 3.33. The Kier molecular flexibility index (Phi) is 2.15. The van der Waals surface area contributed by atoms with E-state index in [1.165, 1.54) is 3.58 Å². The summed E-state index contributed by atoms with van der Waals surface area (Å²) in [5.74, 6) is 0. The van der Waals surface area contributed by atoms with Gasteiger partial charge in [0.25, 0.3) is 0 Å². The van der Waals surface area contributed by atoms with Crippen molar-refractivity contribution < 1.29 is 0 Å². The number of hydrogen-bond acceptors (Lipinski definition) is 1. The van der Waals surface area contributed by atoms with Gasteiger partial charge in [0, 0.05) is 0 Å². The zero-order valence-corrected chi connectivity index (χ0v) is 6.62. The van der Waals surface area contributed by atoms with E-state index in [-0.39, 0.29) is 20.4 Å². The summed E-state index contributed by atoms with van der Waals surface area (Å²) in [7, 11) is 0. The first-order chi connectivity index (χ1) is 3.93. The fraction of sp³-hybridized carbons (Fsp3) is 0.167. The van der Waals surface area contributed by atoms with E-state index in [1.54, 1.807) is 0 Å². The summed E-state index contributed by atoms with van der Waals surface area (Å²) >= 11 is -0.0269. The first-order valence-corrected chi connectivity index (χ1v) is 4.84. The fourth-order valence-electron chi connectivity index (χ4n) is 0.491. The van der Waals surface area contributed by atoms with E-state index in [2.05, 4.69) is 22.3 Å². The fourth-order valence-corrected chi connectivity index (χ4v) is 2.31. The Morgan fingerprint density at radius 2 is 2.62 bits per heavy atom.